The molecule has 0 amide bonds. The lowest BCUT2D eigenvalue weighted by atomic mass is 10.5. The molecule has 0 radical (unpaired) electrons. The first-order chi connectivity index (χ1) is 10.1. The molecule has 21 heavy (non-hydrogen) atoms. The summed E-state index contributed by atoms with van der Waals surface area (Å²) in [6.07, 6.45) is 4.85. The molecule has 3 rings (SSSR count). The van der Waals surface area contributed by atoms with Gasteiger partial charge < -0.3 is 17.2 Å². The maximum atomic E-state index is 5.68. The molecule has 0 spiro atoms. The molecule has 11 heteroatoms. The van der Waals surface area contributed by atoms with E-state index < -0.39 is 0 Å². The fraction of sp³-hybridized carbons (Fsp3) is 0. The summed E-state index contributed by atoms with van der Waals surface area (Å²) in [6.45, 7) is 0. The molecular weight excluding hydrogens is 292 g/mol. The summed E-state index contributed by atoms with van der Waals surface area (Å²) in [6, 6.07) is 1.46. The SMILES string of the molecule is Nc1cc(N)nc(Sc2nc(N)nc(-n3ccnc3)n2)n1. The zero-order chi connectivity index (χ0) is 14.8. The van der Waals surface area contributed by atoms with Crippen molar-refractivity contribution in [3.8, 4) is 5.95 Å². The second-order valence-electron chi connectivity index (χ2n) is 3.85. The molecule has 0 atom stereocenters. The third-order valence-corrected chi connectivity index (χ3v) is 3.01. The Hall–Kier alpha value is -2.95. The quantitative estimate of drug-likeness (QED) is 0.550. The van der Waals surface area contributed by atoms with Gasteiger partial charge in [0.15, 0.2) is 5.16 Å². The Labute approximate surface area is 122 Å². The van der Waals surface area contributed by atoms with Gasteiger partial charge in [-0.1, -0.05) is 0 Å². The van der Waals surface area contributed by atoms with E-state index in [4.69, 9.17) is 17.2 Å². The Morgan fingerprint density at radius 1 is 0.905 bits per heavy atom. The number of nitrogens with two attached hydrogens (primary N) is 3. The van der Waals surface area contributed by atoms with Crippen molar-refractivity contribution in [2.24, 2.45) is 0 Å². The van der Waals surface area contributed by atoms with Crippen LogP contribution in [0.2, 0.25) is 0 Å². The highest BCUT2D eigenvalue weighted by atomic mass is 32.2. The van der Waals surface area contributed by atoms with Gasteiger partial charge in [0.2, 0.25) is 17.1 Å². The van der Waals surface area contributed by atoms with Crippen molar-refractivity contribution in [3.63, 3.8) is 0 Å². The van der Waals surface area contributed by atoms with Gasteiger partial charge in [0.1, 0.15) is 18.0 Å². The Morgan fingerprint density at radius 2 is 1.62 bits per heavy atom. The molecule has 0 bridgehead atoms. The van der Waals surface area contributed by atoms with Crippen LogP contribution in [0.15, 0.2) is 35.1 Å². The van der Waals surface area contributed by atoms with Gasteiger partial charge in [-0.3, -0.25) is 4.57 Å². The van der Waals surface area contributed by atoms with Crippen molar-refractivity contribution in [3.05, 3.63) is 24.8 Å². The monoisotopic (exact) mass is 302 g/mol. The van der Waals surface area contributed by atoms with E-state index in [0.717, 1.165) is 11.8 Å². The summed E-state index contributed by atoms with van der Waals surface area (Å²) in [4.78, 5) is 24.3. The van der Waals surface area contributed by atoms with Gasteiger partial charge in [0, 0.05) is 18.5 Å². The molecule has 106 valence electrons. The normalized spacial score (nSPS) is 10.7. The second-order valence-corrected chi connectivity index (χ2v) is 4.78. The number of aromatic nitrogens is 7. The molecule has 0 fully saturated rings. The van der Waals surface area contributed by atoms with Crippen LogP contribution >= 0.6 is 11.8 Å². The topological polar surface area (TPSA) is 160 Å². The summed E-state index contributed by atoms with van der Waals surface area (Å²) >= 11 is 1.08. The maximum Gasteiger partial charge on any atom is 0.240 e. The first-order valence-electron chi connectivity index (χ1n) is 5.68. The minimum atomic E-state index is 0.0769. The number of rotatable bonds is 3. The van der Waals surface area contributed by atoms with E-state index in [9.17, 15) is 0 Å². The average molecular weight is 302 g/mol. The molecule has 3 aromatic heterocycles. The Balaban J connectivity index is 1.95. The fourth-order valence-electron chi connectivity index (χ4n) is 1.49. The number of hydrogen-bond donors (Lipinski definition) is 3. The third kappa shape index (κ3) is 2.97. The minimum absolute atomic E-state index is 0.0769. The van der Waals surface area contributed by atoms with E-state index in [1.54, 1.807) is 23.3 Å². The van der Waals surface area contributed by atoms with Gasteiger partial charge >= 0.3 is 0 Å². The van der Waals surface area contributed by atoms with Crippen molar-refractivity contribution >= 4 is 29.3 Å². The van der Waals surface area contributed by atoms with Crippen molar-refractivity contribution < 1.29 is 0 Å². The summed E-state index contributed by atoms with van der Waals surface area (Å²) < 4.78 is 1.61. The highest BCUT2D eigenvalue weighted by Gasteiger charge is 2.10. The lowest BCUT2D eigenvalue weighted by Crippen LogP contribution is -2.06. The standard InChI is InChI=1S/C10H10N10S/c11-5-3-6(12)16-9(15-5)21-10-18-7(13)17-8(19-10)20-2-1-14-4-20/h1-4H,(H4,11,12,15,16)(H2,13,17,18,19). The molecule has 0 aliphatic carbocycles. The van der Waals surface area contributed by atoms with Gasteiger partial charge in [-0.25, -0.2) is 15.0 Å². The lowest BCUT2D eigenvalue weighted by Gasteiger charge is -2.05. The van der Waals surface area contributed by atoms with Crippen LogP contribution in [0.1, 0.15) is 0 Å². The van der Waals surface area contributed by atoms with Gasteiger partial charge in [-0.05, 0) is 11.8 Å². The van der Waals surface area contributed by atoms with Crippen LogP contribution in [-0.2, 0) is 0 Å². The van der Waals surface area contributed by atoms with Gasteiger partial charge in [0.25, 0.3) is 0 Å². The van der Waals surface area contributed by atoms with E-state index in [-0.39, 0.29) is 17.6 Å². The molecular formula is C10H10N10S. The summed E-state index contributed by atoms with van der Waals surface area (Å²) in [5.74, 6) is 0.955. The first kappa shape index (κ1) is 13.1. The largest absolute Gasteiger partial charge is 0.383 e. The first-order valence-corrected chi connectivity index (χ1v) is 6.49. The number of nitrogen functional groups attached to an aromatic ring is 3. The van der Waals surface area contributed by atoms with Crippen molar-refractivity contribution in [2.45, 2.75) is 10.3 Å². The Kier molecular flexibility index (Phi) is 3.23. The predicted molar refractivity (Wildman–Crippen MR) is 76.3 cm³/mol. The van der Waals surface area contributed by atoms with Crippen molar-refractivity contribution in [1.29, 1.82) is 0 Å². The molecule has 3 heterocycles. The van der Waals surface area contributed by atoms with E-state index in [1.165, 1.54) is 6.07 Å². The number of nitrogens with zero attached hydrogens (tertiary/aromatic N) is 7. The van der Waals surface area contributed by atoms with Gasteiger partial charge in [0.05, 0.1) is 0 Å². The predicted octanol–water partition coefficient (Wildman–Crippen LogP) is -0.255. The van der Waals surface area contributed by atoms with E-state index >= 15 is 0 Å². The average Bonchev–Trinajstić information content (AvgIpc) is 2.90. The Bertz CT molecular complexity index is 751. The Morgan fingerprint density at radius 3 is 2.29 bits per heavy atom. The number of imidazole rings is 1. The zero-order valence-corrected chi connectivity index (χ0v) is 11.4. The minimum Gasteiger partial charge on any atom is -0.383 e. The number of anilines is 3. The molecule has 0 aliphatic heterocycles. The van der Waals surface area contributed by atoms with Crippen LogP contribution in [0, 0.1) is 0 Å². The van der Waals surface area contributed by atoms with Gasteiger partial charge in [-0.15, -0.1) is 0 Å². The summed E-state index contributed by atoms with van der Waals surface area (Å²) in [5, 5.41) is 0.658. The smallest absolute Gasteiger partial charge is 0.240 e. The van der Waals surface area contributed by atoms with Gasteiger partial charge in [-0.2, -0.15) is 15.0 Å². The molecule has 3 aromatic rings. The van der Waals surface area contributed by atoms with Crippen LogP contribution in [0.5, 0.6) is 0 Å². The molecule has 0 saturated carbocycles. The molecule has 0 aromatic carbocycles. The highest BCUT2D eigenvalue weighted by molar-refractivity contribution is 7.99. The summed E-state index contributed by atoms with van der Waals surface area (Å²) in [5.41, 5.74) is 16.9. The third-order valence-electron chi connectivity index (χ3n) is 2.28. The molecule has 0 saturated heterocycles. The lowest BCUT2D eigenvalue weighted by molar-refractivity contribution is 0.828. The molecule has 6 N–H and O–H groups in total. The summed E-state index contributed by atoms with van der Waals surface area (Å²) in [7, 11) is 0. The van der Waals surface area contributed by atoms with E-state index in [2.05, 4.69) is 29.9 Å². The van der Waals surface area contributed by atoms with E-state index in [1.807, 2.05) is 0 Å². The molecule has 0 unspecified atom stereocenters. The van der Waals surface area contributed by atoms with Crippen LogP contribution in [0.4, 0.5) is 17.6 Å². The molecule has 10 nitrogen and oxygen atoms in total. The van der Waals surface area contributed by atoms with Crippen LogP contribution in [-0.4, -0.2) is 34.5 Å². The van der Waals surface area contributed by atoms with Crippen molar-refractivity contribution in [2.75, 3.05) is 17.2 Å². The van der Waals surface area contributed by atoms with Crippen molar-refractivity contribution in [1.82, 2.24) is 34.5 Å². The van der Waals surface area contributed by atoms with Crippen LogP contribution in [0.3, 0.4) is 0 Å². The highest BCUT2D eigenvalue weighted by Crippen LogP contribution is 2.23. The molecule has 0 aliphatic rings. The zero-order valence-electron chi connectivity index (χ0n) is 10.6. The maximum absolute atomic E-state index is 5.68. The number of hydrogen-bond acceptors (Lipinski definition) is 10. The van der Waals surface area contributed by atoms with Crippen LogP contribution in [0.25, 0.3) is 5.95 Å². The fourth-order valence-corrected chi connectivity index (χ4v) is 2.22. The second kappa shape index (κ2) is 5.20. The van der Waals surface area contributed by atoms with E-state index in [0.29, 0.717) is 16.3 Å². The van der Waals surface area contributed by atoms with Crippen LogP contribution < -0.4 is 17.2 Å².